The Kier molecular flexibility index (Phi) is 7.40. The molecule has 6 nitrogen and oxygen atoms in total. The van der Waals surface area contributed by atoms with Gasteiger partial charge in [-0.05, 0) is 55.9 Å². The molecule has 3 atom stereocenters. The van der Waals surface area contributed by atoms with Gasteiger partial charge in [-0.2, -0.15) is 0 Å². The Balaban J connectivity index is 1.40. The number of benzene rings is 1. The van der Waals surface area contributed by atoms with Crippen LogP contribution >= 0.6 is 11.8 Å². The zero-order chi connectivity index (χ0) is 25.3. The highest BCUT2D eigenvalue weighted by atomic mass is 32.2. The van der Waals surface area contributed by atoms with Gasteiger partial charge in [0.1, 0.15) is 0 Å². The van der Waals surface area contributed by atoms with Crippen LogP contribution in [-0.4, -0.2) is 54.6 Å². The number of amides is 1. The monoisotopic (exact) mass is 510 g/mol. The van der Waals surface area contributed by atoms with Crippen LogP contribution in [0.3, 0.4) is 0 Å². The maximum absolute atomic E-state index is 14.0. The van der Waals surface area contributed by atoms with Crippen LogP contribution in [0.1, 0.15) is 63.2 Å². The number of nitrogens with zero attached hydrogens (tertiary/aromatic N) is 1. The van der Waals surface area contributed by atoms with Crippen molar-refractivity contribution in [3.63, 3.8) is 0 Å². The number of methoxy groups -OCH3 is 1. The number of ether oxygens (including phenoxy) is 3. The summed E-state index contributed by atoms with van der Waals surface area (Å²) in [5.41, 5.74) is 1.85. The van der Waals surface area contributed by atoms with Crippen LogP contribution in [0.25, 0.3) is 0 Å². The lowest BCUT2D eigenvalue weighted by molar-refractivity contribution is -0.0439. The molecule has 1 aromatic carbocycles. The average molecular weight is 511 g/mol. The topological polar surface area (TPSA) is 60.0 Å². The van der Waals surface area contributed by atoms with Gasteiger partial charge >= 0.3 is 0 Å². The summed E-state index contributed by atoms with van der Waals surface area (Å²) in [6.07, 6.45) is 14.8. The molecule has 36 heavy (non-hydrogen) atoms. The second-order valence-electron chi connectivity index (χ2n) is 10.7. The van der Waals surface area contributed by atoms with E-state index in [1.807, 2.05) is 43.5 Å². The van der Waals surface area contributed by atoms with Crippen molar-refractivity contribution in [2.45, 2.75) is 70.7 Å². The molecule has 194 valence electrons. The van der Waals surface area contributed by atoms with Crippen molar-refractivity contribution in [1.29, 1.82) is 0 Å². The Morgan fingerprint density at radius 2 is 2.11 bits per heavy atom. The summed E-state index contributed by atoms with van der Waals surface area (Å²) in [5, 5.41) is 3.86. The third-order valence-corrected chi connectivity index (χ3v) is 8.58. The lowest BCUT2D eigenvalue weighted by atomic mass is 9.85. The van der Waals surface area contributed by atoms with Gasteiger partial charge in [-0.1, -0.05) is 31.1 Å². The first-order valence-corrected chi connectivity index (χ1v) is 14.1. The fourth-order valence-electron chi connectivity index (χ4n) is 5.86. The summed E-state index contributed by atoms with van der Waals surface area (Å²) >= 11 is 1.82. The molecule has 1 aromatic rings. The SMILES string of the molecule is C/C=C\C=C1\C=C(CN(C[C@@H]2CC3CCCCC3N2)C(=O)c2cc(OC)c3c(c2)OC(C)(C)O3)SC1. The van der Waals surface area contributed by atoms with Gasteiger partial charge in [0, 0.05) is 48.7 Å². The van der Waals surface area contributed by atoms with Gasteiger partial charge in [0.05, 0.1) is 13.7 Å². The van der Waals surface area contributed by atoms with Gasteiger partial charge in [0.15, 0.2) is 11.5 Å². The van der Waals surface area contributed by atoms with E-state index in [0.29, 0.717) is 48.0 Å². The third-order valence-electron chi connectivity index (χ3n) is 7.49. The van der Waals surface area contributed by atoms with Gasteiger partial charge in [-0.15, -0.1) is 11.8 Å². The fourth-order valence-corrected chi connectivity index (χ4v) is 6.88. The number of hydrogen-bond donors (Lipinski definition) is 1. The summed E-state index contributed by atoms with van der Waals surface area (Å²) in [7, 11) is 1.60. The Morgan fingerprint density at radius 1 is 1.28 bits per heavy atom. The third kappa shape index (κ3) is 5.47. The predicted octanol–water partition coefficient (Wildman–Crippen LogP) is 5.70. The molecule has 1 saturated carbocycles. The highest BCUT2D eigenvalue weighted by Crippen LogP contribution is 2.47. The molecule has 0 aromatic heterocycles. The van der Waals surface area contributed by atoms with Crippen molar-refractivity contribution >= 4 is 17.7 Å². The minimum absolute atomic E-state index is 0.00605. The fraction of sp³-hybridized carbons (Fsp3) is 0.552. The average Bonchev–Trinajstić information content (AvgIpc) is 3.56. The molecule has 2 fully saturated rings. The van der Waals surface area contributed by atoms with E-state index in [1.165, 1.54) is 36.2 Å². The van der Waals surface area contributed by atoms with E-state index >= 15 is 0 Å². The molecule has 0 spiro atoms. The summed E-state index contributed by atoms with van der Waals surface area (Å²) in [6, 6.07) is 4.51. The normalized spacial score (nSPS) is 27.4. The van der Waals surface area contributed by atoms with E-state index in [4.69, 9.17) is 14.2 Å². The Hall–Kier alpha value is -2.38. The number of fused-ring (bicyclic) bond motifs is 2. The number of nitrogens with one attached hydrogen (secondary N) is 1. The molecule has 7 heteroatoms. The molecule has 1 amide bonds. The molecule has 0 bridgehead atoms. The minimum atomic E-state index is -0.790. The van der Waals surface area contributed by atoms with Crippen LogP contribution in [0, 0.1) is 5.92 Å². The summed E-state index contributed by atoms with van der Waals surface area (Å²) in [6.45, 7) is 7.03. The first-order chi connectivity index (χ1) is 17.3. The number of rotatable bonds is 7. The highest BCUT2D eigenvalue weighted by molar-refractivity contribution is 8.03. The van der Waals surface area contributed by atoms with Crippen molar-refractivity contribution < 1.29 is 19.0 Å². The molecule has 0 radical (unpaired) electrons. The summed E-state index contributed by atoms with van der Waals surface area (Å²) < 4.78 is 17.5. The molecule has 3 heterocycles. The van der Waals surface area contributed by atoms with Crippen LogP contribution < -0.4 is 19.5 Å². The van der Waals surface area contributed by atoms with Crippen molar-refractivity contribution in [3.8, 4) is 17.2 Å². The standard InChI is InChI=1S/C29H38N2O4S/c1-5-6-9-19-12-23(36-18-19)17-31(16-22-13-20-10-7-8-11-24(20)30-22)28(32)21-14-25(33-4)27-26(15-21)34-29(2,3)35-27/h5-6,9,12,14-15,20,22,24,30H,7-8,10-11,13,16-18H2,1-4H3/b6-5-,19-9-/t20?,22-,24?/m0/s1. The van der Waals surface area contributed by atoms with E-state index < -0.39 is 5.79 Å². The molecule has 1 saturated heterocycles. The van der Waals surface area contributed by atoms with Crippen molar-refractivity contribution in [3.05, 3.63) is 52.5 Å². The van der Waals surface area contributed by atoms with Gasteiger partial charge in [-0.3, -0.25) is 4.79 Å². The molecule has 3 aliphatic heterocycles. The first-order valence-electron chi connectivity index (χ1n) is 13.2. The quantitative estimate of drug-likeness (QED) is 0.508. The van der Waals surface area contributed by atoms with E-state index in [1.54, 1.807) is 19.2 Å². The van der Waals surface area contributed by atoms with Crippen molar-refractivity contribution in [2.75, 3.05) is 26.0 Å². The second-order valence-corrected chi connectivity index (χ2v) is 11.8. The number of hydrogen-bond acceptors (Lipinski definition) is 6. The maximum Gasteiger partial charge on any atom is 0.254 e. The molecule has 1 aliphatic carbocycles. The Bertz CT molecular complexity index is 1080. The van der Waals surface area contributed by atoms with Crippen LogP contribution in [-0.2, 0) is 0 Å². The molecular weight excluding hydrogens is 472 g/mol. The van der Waals surface area contributed by atoms with Crippen LogP contribution in [0.15, 0.2) is 46.9 Å². The van der Waals surface area contributed by atoms with E-state index in [9.17, 15) is 4.79 Å². The van der Waals surface area contributed by atoms with Crippen LogP contribution in [0.5, 0.6) is 17.2 Å². The van der Waals surface area contributed by atoms with Gasteiger partial charge in [-0.25, -0.2) is 0 Å². The van der Waals surface area contributed by atoms with E-state index in [-0.39, 0.29) is 5.91 Å². The van der Waals surface area contributed by atoms with Crippen LogP contribution in [0.2, 0.25) is 0 Å². The molecular formula is C29H38N2O4S. The lowest BCUT2D eigenvalue weighted by Crippen LogP contribution is -2.43. The molecule has 1 N–H and O–H groups in total. The largest absolute Gasteiger partial charge is 0.493 e. The zero-order valence-electron chi connectivity index (χ0n) is 21.8. The zero-order valence-corrected chi connectivity index (χ0v) is 22.7. The Labute approximate surface area is 219 Å². The lowest BCUT2D eigenvalue weighted by Gasteiger charge is -2.27. The molecule has 4 aliphatic rings. The van der Waals surface area contributed by atoms with Crippen LogP contribution in [0.4, 0.5) is 0 Å². The molecule has 2 unspecified atom stereocenters. The molecule has 5 rings (SSSR count). The number of thioether (sulfide) groups is 1. The van der Waals surface area contributed by atoms with Gasteiger partial charge in [0.25, 0.3) is 5.91 Å². The second kappa shape index (κ2) is 10.5. The van der Waals surface area contributed by atoms with Crippen molar-refractivity contribution in [2.24, 2.45) is 5.92 Å². The highest BCUT2D eigenvalue weighted by Gasteiger charge is 2.38. The summed E-state index contributed by atoms with van der Waals surface area (Å²) in [4.78, 5) is 17.2. The van der Waals surface area contributed by atoms with Crippen molar-refractivity contribution in [1.82, 2.24) is 10.2 Å². The number of carbonyl (C=O) groups excluding carboxylic acids is 1. The smallest absolute Gasteiger partial charge is 0.254 e. The van der Waals surface area contributed by atoms with E-state index in [2.05, 4.69) is 23.5 Å². The van der Waals surface area contributed by atoms with Gasteiger partial charge < -0.3 is 24.4 Å². The van der Waals surface area contributed by atoms with Gasteiger partial charge in [0.2, 0.25) is 11.5 Å². The number of carbonyl (C=O) groups is 1. The number of allylic oxidation sites excluding steroid dienone is 4. The first kappa shape index (κ1) is 25.3. The minimum Gasteiger partial charge on any atom is -0.493 e. The predicted molar refractivity (Wildman–Crippen MR) is 145 cm³/mol. The summed E-state index contributed by atoms with van der Waals surface area (Å²) in [5.74, 6) is 2.52. The maximum atomic E-state index is 14.0. The Morgan fingerprint density at radius 3 is 2.89 bits per heavy atom. The van der Waals surface area contributed by atoms with E-state index in [0.717, 1.165) is 18.1 Å².